The number of halogens is 2. The van der Waals surface area contributed by atoms with Crippen LogP contribution < -0.4 is 5.32 Å². The molecule has 0 unspecified atom stereocenters. The van der Waals surface area contributed by atoms with Crippen molar-refractivity contribution in [1.82, 2.24) is 20.0 Å². The second kappa shape index (κ2) is 6.04. The summed E-state index contributed by atoms with van der Waals surface area (Å²) in [6, 6.07) is 1.69. The Morgan fingerprint density at radius 1 is 1.40 bits per heavy atom. The van der Waals surface area contributed by atoms with Crippen LogP contribution in [0.5, 0.6) is 0 Å². The van der Waals surface area contributed by atoms with E-state index in [-0.39, 0.29) is 36.1 Å². The Balaban J connectivity index is 1.37. The molecule has 2 aliphatic carbocycles. The molecular formula is C18H26F2N4O. The minimum atomic E-state index is -2.58. The first-order valence-corrected chi connectivity index (χ1v) is 9.24. The van der Waals surface area contributed by atoms with Crippen molar-refractivity contribution in [3.63, 3.8) is 0 Å². The summed E-state index contributed by atoms with van der Waals surface area (Å²) in [4.78, 5) is 15.1. The number of likely N-dealkylation sites (tertiary alicyclic amines) is 1. The van der Waals surface area contributed by atoms with Crippen molar-refractivity contribution < 1.29 is 13.6 Å². The molecular weight excluding hydrogens is 326 g/mol. The van der Waals surface area contributed by atoms with Gasteiger partial charge in [0.05, 0.1) is 5.69 Å². The molecule has 2 heterocycles. The average molecular weight is 352 g/mol. The average Bonchev–Trinajstić information content (AvgIpc) is 3.21. The third-order valence-electron chi connectivity index (χ3n) is 6.43. The molecule has 2 atom stereocenters. The molecule has 1 aliphatic heterocycles. The highest BCUT2D eigenvalue weighted by atomic mass is 19.3. The summed E-state index contributed by atoms with van der Waals surface area (Å²) in [5.74, 6) is -2.61. The quantitative estimate of drug-likeness (QED) is 0.905. The molecule has 1 N–H and O–H groups in total. The number of aromatic nitrogens is 2. The number of alkyl halides is 2. The van der Waals surface area contributed by atoms with Gasteiger partial charge in [0.2, 0.25) is 5.91 Å². The number of hydrogen-bond acceptors (Lipinski definition) is 3. The summed E-state index contributed by atoms with van der Waals surface area (Å²) in [5.41, 5.74) is 1.20. The van der Waals surface area contributed by atoms with Crippen LogP contribution in [-0.4, -0.2) is 45.6 Å². The minimum absolute atomic E-state index is 0.000355. The molecule has 0 aromatic carbocycles. The third kappa shape index (κ3) is 3.18. The van der Waals surface area contributed by atoms with Crippen molar-refractivity contribution in [2.75, 3.05) is 13.1 Å². The van der Waals surface area contributed by atoms with Crippen molar-refractivity contribution in [3.8, 4) is 0 Å². The van der Waals surface area contributed by atoms with Gasteiger partial charge in [0.1, 0.15) is 0 Å². The Labute approximate surface area is 146 Å². The lowest BCUT2D eigenvalue weighted by Gasteiger charge is -2.38. The van der Waals surface area contributed by atoms with Crippen molar-refractivity contribution in [3.05, 3.63) is 18.0 Å². The van der Waals surface area contributed by atoms with E-state index < -0.39 is 5.92 Å². The molecule has 1 amide bonds. The number of nitrogens with zero attached hydrogens (tertiary/aromatic N) is 3. The van der Waals surface area contributed by atoms with E-state index in [0.29, 0.717) is 0 Å². The Bertz CT molecular complexity index is 653. The van der Waals surface area contributed by atoms with Crippen molar-refractivity contribution >= 4 is 5.91 Å². The van der Waals surface area contributed by atoms with E-state index in [1.807, 2.05) is 17.8 Å². The van der Waals surface area contributed by atoms with Gasteiger partial charge in [0, 0.05) is 51.1 Å². The van der Waals surface area contributed by atoms with Gasteiger partial charge < -0.3 is 5.32 Å². The van der Waals surface area contributed by atoms with Crippen LogP contribution in [0.2, 0.25) is 0 Å². The molecule has 2 saturated carbocycles. The molecule has 4 rings (SSSR count). The van der Waals surface area contributed by atoms with E-state index in [1.165, 1.54) is 5.69 Å². The van der Waals surface area contributed by atoms with Crippen LogP contribution in [0.15, 0.2) is 12.3 Å². The van der Waals surface area contributed by atoms with Gasteiger partial charge in [-0.3, -0.25) is 14.4 Å². The third-order valence-corrected chi connectivity index (χ3v) is 6.43. The summed E-state index contributed by atoms with van der Waals surface area (Å²) in [7, 11) is 1.95. The minimum Gasteiger partial charge on any atom is -0.353 e. The van der Waals surface area contributed by atoms with Crippen LogP contribution in [0.4, 0.5) is 8.78 Å². The normalized spacial score (nSPS) is 32.2. The van der Waals surface area contributed by atoms with Gasteiger partial charge in [0.25, 0.3) is 5.92 Å². The Morgan fingerprint density at radius 2 is 2.20 bits per heavy atom. The zero-order valence-corrected chi connectivity index (χ0v) is 14.7. The molecule has 3 fully saturated rings. The fourth-order valence-electron chi connectivity index (χ4n) is 5.01. The molecule has 1 saturated heterocycles. The van der Waals surface area contributed by atoms with Crippen LogP contribution in [0, 0.1) is 11.3 Å². The zero-order chi connectivity index (χ0) is 17.7. The predicted molar refractivity (Wildman–Crippen MR) is 89.0 cm³/mol. The maximum atomic E-state index is 13.0. The van der Waals surface area contributed by atoms with Gasteiger partial charge in [-0.2, -0.15) is 5.10 Å². The van der Waals surface area contributed by atoms with E-state index in [4.69, 9.17) is 0 Å². The lowest BCUT2D eigenvalue weighted by Crippen LogP contribution is -2.53. The smallest absolute Gasteiger partial charge is 0.252 e. The molecule has 0 radical (unpaired) electrons. The summed E-state index contributed by atoms with van der Waals surface area (Å²) >= 11 is 0. The zero-order valence-electron chi connectivity index (χ0n) is 14.7. The van der Waals surface area contributed by atoms with E-state index in [2.05, 4.69) is 15.3 Å². The molecule has 1 spiro atoms. The first-order chi connectivity index (χ1) is 11.9. The summed E-state index contributed by atoms with van der Waals surface area (Å²) in [6.45, 7) is 2.75. The molecule has 1 aromatic rings. The van der Waals surface area contributed by atoms with E-state index in [0.717, 1.165) is 45.3 Å². The fourth-order valence-corrected chi connectivity index (χ4v) is 5.01. The summed E-state index contributed by atoms with van der Waals surface area (Å²) in [6.07, 6.45) is 5.42. The Morgan fingerprint density at radius 3 is 2.88 bits per heavy atom. The van der Waals surface area contributed by atoms with Gasteiger partial charge in [-0.15, -0.1) is 0 Å². The van der Waals surface area contributed by atoms with Gasteiger partial charge in [0.15, 0.2) is 0 Å². The number of nitrogens with one attached hydrogen (secondary N) is 1. The van der Waals surface area contributed by atoms with E-state index in [1.54, 1.807) is 6.20 Å². The van der Waals surface area contributed by atoms with Crippen molar-refractivity contribution in [2.45, 2.75) is 57.0 Å². The van der Waals surface area contributed by atoms with Gasteiger partial charge in [-0.05, 0) is 37.3 Å². The second-order valence-corrected chi connectivity index (χ2v) is 8.18. The maximum absolute atomic E-state index is 13.0. The number of hydrogen-bond donors (Lipinski definition) is 1. The van der Waals surface area contributed by atoms with Crippen LogP contribution in [0.3, 0.4) is 0 Å². The van der Waals surface area contributed by atoms with Crippen molar-refractivity contribution in [1.29, 1.82) is 0 Å². The standard InChI is InChI=1S/C18H26F2N4O/c1-23-14(4-7-21-23)11-24-8-6-17(12-24)5-2-3-15(17)16(25)22-13-9-18(19,20)10-13/h4,7,13,15H,2-3,5-6,8-12H2,1H3,(H,22,25)/t15-,17+/m1/s1. The lowest BCUT2D eigenvalue weighted by molar-refractivity contribution is -0.135. The molecule has 25 heavy (non-hydrogen) atoms. The second-order valence-electron chi connectivity index (χ2n) is 8.18. The molecule has 7 heteroatoms. The number of carbonyl (C=O) groups is 1. The highest BCUT2D eigenvalue weighted by Gasteiger charge is 2.52. The topological polar surface area (TPSA) is 50.2 Å². The highest BCUT2D eigenvalue weighted by Crippen LogP contribution is 2.50. The summed E-state index contributed by atoms with van der Waals surface area (Å²) in [5, 5.41) is 7.10. The molecule has 0 bridgehead atoms. The van der Waals surface area contributed by atoms with Crippen LogP contribution in [0.1, 0.15) is 44.2 Å². The lowest BCUT2D eigenvalue weighted by atomic mass is 9.76. The Hall–Kier alpha value is -1.50. The maximum Gasteiger partial charge on any atom is 0.252 e. The van der Waals surface area contributed by atoms with E-state index in [9.17, 15) is 13.6 Å². The van der Waals surface area contributed by atoms with Gasteiger partial charge in [-0.25, -0.2) is 8.78 Å². The molecule has 138 valence electrons. The van der Waals surface area contributed by atoms with Crippen LogP contribution in [-0.2, 0) is 18.4 Å². The number of carbonyl (C=O) groups excluding carboxylic acids is 1. The summed E-state index contributed by atoms with van der Waals surface area (Å²) < 4.78 is 27.9. The van der Waals surface area contributed by atoms with Crippen molar-refractivity contribution in [2.24, 2.45) is 18.4 Å². The van der Waals surface area contributed by atoms with E-state index >= 15 is 0 Å². The monoisotopic (exact) mass is 352 g/mol. The van der Waals surface area contributed by atoms with Crippen LogP contribution in [0.25, 0.3) is 0 Å². The van der Waals surface area contributed by atoms with Gasteiger partial charge >= 0.3 is 0 Å². The van der Waals surface area contributed by atoms with Crippen LogP contribution >= 0.6 is 0 Å². The number of rotatable bonds is 4. The molecule has 5 nitrogen and oxygen atoms in total. The Kier molecular flexibility index (Phi) is 4.09. The first-order valence-electron chi connectivity index (χ1n) is 9.24. The SMILES string of the molecule is Cn1nccc1CN1CC[C@@]2(CCC[C@@H]2C(=O)NC2CC(F)(F)C2)C1. The fraction of sp³-hybridized carbons (Fsp3) is 0.778. The number of amides is 1. The molecule has 1 aromatic heterocycles. The van der Waals surface area contributed by atoms with Gasteiger partial charge in [-0.1, -0.05) is 6.42 Å². The first kappa shape index (κ1) is 16.9. The predicted octanol–water partition coefficient (Wildman–Crippen LogP) is 2.33. The highest BCUT2D eigenvalue weighted by molar-refractivity contribution is 5.80. The largest absolute Gasteiger partial charge is 0.353 e. The number of aryl methyl sites for hydroxylation is 1. The molecule has 3 aliphatic rings.